The largest absolute Gasteiger partial charge is 0.396 e. The topological polar surface area (TPSA) is 54.2 Å². The van der Waals surface area contributed by atoms with E-state index < -0.39 is 0 Å². The maximum atomic E-state index is 9.35. The lowest BCUT2D eigenvalue weighted by atomic mass is 10.1. The lowest BCUT2D eigenvalue weighted by Crippen LogP contribution is -2.30. The molecule has 1 atom stereocenters. The van der Waals surface area contributed by atoms with Gasteiger partial charge in [-0.1, -0.05) is 23.2 Å². The third-order valence-corrected chi connectivity index (χ3v) is 5.55. The number of fused-ring (bicyclic) bond motifs is 1. The predicted molar refractivity (Wildman–Crippen MR) is 101 cm³/mol. The van der Waals surface area contributed by atoms with E-state index >= 15 is 0 Å². The van der Waals surface area contributed by atoms with Crippen molar-refractivity contribution in [2.75, 3.05) is 18.1 Å². The van der Waals surface area contributed by atoms with Crippen LogP contribution in [0.3, 0.4) is 0 Å². The van der Waals surface area contributed by atoms with Gasteiger partial charge in [0.1, 0.15) is 5.82 Å². The minimum Gasteiger partial charge on any atom is -0.396 e. The maximum Gasteiger partial charge on any atom is 0.131 e. The molecule has 3 aromatic rings. The zero-order valence-electron chi connectivity index (χ0n) is 13.6. The molecule has 1 aliphatic heterocycles. The van der Waals surface area contributed by atoms with E-state index in [1.54, 1.807) is 18.6 Å². The summed E-state index contributed by atoms with van der Waals surface area (Å²) in [6, 6.07) is 6.08. The Balaban J connectivity index is 1.92. The molecule has 5 nitrogen and oxygen atoms in total. The first-order chi connectivity index (χ1) is 12.2. The van der Waals surface area contributed by atoms with Crippen LogP contribution in [0.25, 0.3) is 16.6 Å². The Bertz CT molecular complexity index is 898. The average molecular weight is 377 g/mol. The van der Waals surface area contributed by atoms with E-state index in [1.165, 1.54) is 0 Å². The number of nitrogens with zero attached hydrogens (tertiary/aromatic N) is 4. The molecule has 0 radical (unpaired) electrons. The molecule has 1 N–H and O–H groups in total. The SMILES string of the molecule is OCCC1CCCN1c1cc(-n2ccnc2)c2ccc(Cl)c(Cl)c2n1. The molecular weight excluding hydrogens is 359 g/mol. The van der Waals surface area contributed by atoms with E-state index in [2.05, 4.69) is 16.0 Å². The van der Waals surface area contributed by atoms with Gasteiger partial charge in [0, 0.05) is 43.0 Å². The highest BCUT2D eigenvalue weighted by Crippen LogP contribution is 2.36. The van der Waals surface area contributed by atoms with Crippen molar-refractivity contribution in [3.63, 3.8) is 0 Å². The van der Waals surface area contributed by atoms with Gasteiger partial charge in [-0.3, -0.25) is 0 Å². The van der Waals surface area contributed by atoms with E-state index in [-0.39, 0.29) is 6.61 Å². The Morgan fingerprint density at radius 1 is 1.28 bits per heavy atom. The number of halogens is 2. The first-order valence-electron chi connectivity index (χ1n) is 8.33. The lowest BCUT2D eigenvalue weighted by Gasteiger charge is -2.26. The summed E-state index contributed by atoms with van der Waals surface area (Å²) in [5.41, 5.74) is 1.65. The van der Waals surface area contributed by atoms with E-state index in [0.717, 1.165) is 42.7 Å². The molecule has 1 aliphatic rings. The monoisotopic (exact) mass is 376 g/mol. The van der Waals surface area contributed by atoms with Gasteiger partial charge in [-0.15, -0.1) is 0 Å². The molecule has 1 aromatic carbocycles. The second kappa shape index (κ2) is 6.83. The molecule has 25 heavy (non-hydrogen) atoms. The average Bonchev–Trinajstić information content (AvgIpc) is 3.29. The van der Waals surface area contributed by atoms with Gasteiger partial charge in [0.25, 0.3) is 0 Å². The number of rotatable bonds is 4. The predicted octanol–water partition coefficient (Wildman–Crippen LogP) is 4.08. The highest BCUT2D eigenvalue weighted by Gasteiger charge is 2.26. The Hall–Kier alpha value is -1.82. The van der Waals surface area contributed by atoms with Gasteiger partial charge in [0.05, 0.1) is 27.6 Å². The van der Waals surface area contributed by atoms with Crippen LogP contribution in [0.15, 0.2) is 36.9 Å². The third kappa shape index (κ3) is 2.97. The molecule has 3 heterocycles. The van der Waals surface area contributed by atoms with Gasteiger partial charge in [-0.25, -0.2) is 9.97 Å². The minimum atomic E-state index is 0.176. The summed E-state index contributed by atoms with van der Waals surface area (Å²) in [6.07, 6.45) is 8.29. The summed E-state index contributed by atoms with van der Waals surface area (Å²) in [7, 11) is 0. The summed E-state index contributed by atoms with van der Waals surface area (Å²) in [5, 5.41) is 11.2. The molecule has 0 saturated carbocycles. The van der Waals surface area contributed by atoms with E-state index in [9.17, 15) is 5.11 Å². The van der Waals surface area contributed by atoms with Crippen molar-refractivity contribution in [2.24, 2.45) is 0 Å². The van der Waals surface area contributed by atoms with Crippen LogP contribution >= 0.6 is 23.2 Å². The van der Waals surface area contributed by atoms with E-state index in [1.807, 2.05) is 16.8 Å². The number of pyridine rings is 1. The molecule has 7 heteroatoms. The van der Waals surface area contributed by atoms with Crippen LogP contribution in [-0.4, -0.2) is 38.8 Å². The van der Waals surface area contributed by atoms with Gasteiger partial charge in [0.2, 0.25) is 0 Å². The Labute approximate surface area is 155 Å². The second-order valence-electron chi connectivity index (χ2n) is 6.23. The van der Waals surface area contributed by atoms with Gasteiger partial charge in [0.15, 0.2) is 0 Å². The number of aliphatic hydroxyl groups is 1. The summed E-state index contributed by atoms with van der Waals surface area (Å²) in [5.74, 6) is 0.858. The van der Waals surface area contributed by atoms with Crippen molar-refractivity contribution < 1.29 is 5.11 Å². The fraction of sp³-hybridized carbons (Fsp3) is 0.333. The molecule has 1 saturated heterocycles. The highest BCUT2D eigenvalue weighted by atomic mass is 35.5. The quantitative estimate of drug-likeness (QED) is 0.745. The first kappa shape index (κ1) is 16.6. The molecule has 0 aliphatic carbocycles. The van der Waals surface area contributed by atoms with Crippen molar-refractivity contribution >= 4 is 39.9 Å². The van der Waals surface area contributed by atoms with Crippen LogP contribution in [-0.2, 0) is 0 Å². The smallest absolute Gasteiger partial charge is 0.131 e. The highest BCUT2D eigenvalue weighted by molar-refractivity contribution is 6.45. The molecule has 130 valence electrons. The normalized spacial score (nSPS) is 17.6. The van der Waals surface area contributed by atoms with Crippen molar-refractivity contribution in [1.82, 2.24) is 14.5 Å². The fourth-order valence-corrected chi connectivity index (χ4v) is 3.91. The summed E-state index contributed by atoms with van der Waals surface area (Å²) >= 11 is 12.7. The van der Waals surface area contributed by atoms with Crippen LogP contribution in [0.5, 0.6) is 0 Å². The third-order valence-electron chi connectivity index (χ3n) is 4.75. The van der Waals surface area contributed by atoms with Crippen LogP contribution in [0.1, 0.15) is 19.3 Å². The summed E-state index contributed by atoms with van der Waals surface area (Å²) in [4.78, 5) is 11.2. The number of aliphatic hydroxyl groups excluding tert-OH is 1. The molecule has 0 amide bonds. The standard InChI is InChI=1S/C18H18Cl2N4O/c19-14-4-3-13-15(23-8-6-21-11-23)10-16(22-18(13)17(14)20)24-7-1-2-12(24)5-9-25/h3-4,6,8,10-12,25H,1-2,5,7,9H2. The first-order valence-corrected chi connectivity index (χ1v) is 9.09. The Morgan fingerprint density at radius 2 is 2.16 bits per heavy atom. The maximum absolute atomic E-state index is 9.35. The Kier molecular flexibility index (Phi) is 4.54. The lowest BCUT2D eigenvalue weighted by molar-refractivity contribution is 0.275. The zero-order valence-corrected chi connectivity index (χ0v) is 15.1. The van der Waals surface area contributed by atoms with Crippen molar-refractivity contribution in [2.45, 2.75) is 25.3 Å². The molecule has 1 unspecified atom stereocenters. The summed E-state index contributed by atoms with van der Waals surface area (Å²) < 4.78 is 1.95. The molecule has 2 aromatic heterocycles. The Morgan fingerprint density at radius 3 is 2.92 bits per heavy atom. The summed E-state index contributed by atoms with van der Waals surface area (Å²) in [6.45, 7) is 1.10. The molecular formula is C18H18Cl2N4O. The second-order valence-corrected chi connectivity index (χ2v) is 7.01. The number of benzene rings is 1. The van der Waals surface area contributed by atoms with Crippen molar-refractivity contribution in [3.05, 3.63) is 47.0 Å². The number of hydrogen-bond acceptors (Lipinski definition) is 4. The molecule has 0 spiro atoms. The van der Waals surface area contributed by atoms with Gasteiger partial charge >= 0.3 is 0 Å². The van der Waals surface area contributed by atoms with Crippen LogP contribution in [0, 0.1) is 0 Å². The van der Waals surface area contributed by atoms with Crippen molar-refractivity contribution in [1.29, 1.82) is 0 Å². The van der Waals surface area contributed by atoms with Gasteiger partial charge < -0.3 is 14.6 Å². The fourth-order valence-electron chi connectivity index (χ4n) is 3.55. The van der Waals surface area contributed by atoms with Gasteiger partial charge in [-0.2, -0.15) is 0 Å². The number of imidazole rings is 1. The molecule has 4 rings (SSSR count). The zero-order chi connectivity index (χ0) is 17.4. The molecule has 1 fully saturated rings. The van der Waals surface area contributed by atoms with Crippen LogP contribution in [0.4, 0.5) is 5.82 Å². The number of aromatic nitrogens is 3. The number of hydrogen-bond donors (Lipinski definition) is 1. The van der Waals surface area contributed by atoms with Gasteiger partial charge in [-0.05, 0) is 31.4 Å². The minimum absolute atomic E-state index is 0.176. The van der Waals surface area contributed by atoms with E-state index in [0.29, 0.717) is 21.6 Å². The van der Waals surface area contributed by atoms with Crippen molar-refractivity contribution in [3.8, 4) is 5.69 Å². The molecule has 0 bridgehead atoms. The van der Waals surface area contributed by atoms with E-state index in [4.69, 9.17) is 28.2 Å². The number of anilines is 1. The van der Waals surface area contributed by atoms with Crippen LogP contribution < -0.4 is 4.90 Å². The van der Waals surface area contributed by atoms with Crippen LogP contribution in [0.2, 0.25) is 10.0 Å².